The van der Waals surface area contributed by atoms with Gasteiger partial charge in [-0.05, 0) is 68.8 Å². The fourth-order valence-electron chi connectivity index (χ4n) is 3.13. The summed E-state index contributed by atoms with van der Waals surface area (Å²) >= 11 is 3.57. The highest BCUT2D eigenvalue weighted by Crippen LogP contribution is 2.22. The number of nitrogens with one attached hydrogen (secondary N) is 1. The van der Waals surface area contributed by atoms with Crippen molar-refractivity contribution >= 4 is 15.9 Å². The molecule has 2 atom stereocenters. The Kier molecular flexibility index (Phi) is 7.76. The van der Waals surface area contributed by atoms with Crippen LogP contribution in [0, 0.1) is 5.92 Å². The van der Waals surface area contributed by atoms with Gasteiger partial charge in [0.2, 0.25) is 0 Å². The predicted molar refractivity (Wildman–Crippen MR) is 92.7 cm³/mol. The molecule has 0 bridgehead atoms. The van der Waals surface area contributed by atoms with Crippen LogP contribution in [0.25, 0.3) is 0 Å². The molecule has 1 aliphatic rings. The van der Waals surface area contributed by atoms with E-state index in [2.05, 4.69) is 52.4 Å². The molecule has 21 heavy (non-hydrogen) atoms. The minimum atomic E-state index is 0.538. The normalized spacial score (nSPS) is 19.8. The summed E-state index contributed by atoms with van der Waals surface area (Å²) in [7, 11) is 0. The Bertz CT molecular complexity index is 404. The molecule has 0 saturated carbocycles. The minimum Gasteiger partial charge on any atom is -0.378 e. The largest absolute Gasteiger partial charge is 0.378 e. The molecule has 1 aromatic carbocycles. The Labute approximate surface area is 137 Å². The van der Waals surface area contributed by atoms with E-state index >= 15 is 0 Å². The van der Waals surface area contributed by atoms with Gasteiger partial charge in [-0.15, -0.1) is 0 Å². The third-order valence-electron chi connectivity index (χ3n) is 4.26. The highest BCUT2D eigenvalue weighted by molar-refractivity contribution is 9.10. The lowest BCUT2D eigenvalue weighted by Gasteiger charge is -2.18. The molecule has 1 aromatic rings. The van der Waals surface area contributed by atoms with E-state index < -0.39 is 0 Å². The minimum absolute atomic E-state index is 0.538. The van der Waals surface area contributed by atoms with Crippen LogP contribution in [-0.4, -0.2) is 25.8 Å². The van der Waals surface area contributed by atoms with E-state index in [1.807, 2.05) is 0 Å². The number of hydrogen-bond acceptors (Lipinski definition) is 2. The molecule has 1 heterocycles. The van der Waals surface area contributed by atoms with Crippen LogP contribution in [0.5, 0.6) is 0 Å². The monoisotopic (exact) mass is 353 g/mol. The van der Waals surface area contributed by atoms with E-state index in [1.165, 1.54) is 42.1 Å². The lowest BCUT2D eigenvalue weighted by atomic mass is 9.93. The zero-order valence-electron chi connectivity index (χ0n) is 13.1. The van der Waals surface area contributed by atoms with Crippen molar-refractivity contribution in [1.29, 1.82) is 0 Å². The van der Waals surface area contributed by atoms with Crippen molar-refractivity contribution in [2.45, 2.75) is 51.6 Å². The maximum absolute atomic E-state index is 5.73. The van der Waals surface area contributed by atoms with Gasteiger partial charge >= 0.3 is 0 Å². The van der Waals surface area contributed by atoms with Gasteiger partial charge in [-0.2, -0.15) is 0 Å². The summed E-state index contributed by atoms with van der Waals surface area (Å²) in [4.78, 5) is 0. The van der Waals surface area contributed by atoms with Crippen molar-refractivity contribution in [1.82, 2.24) is 5.32 Å². The third-order valence-corrected chi connectivity index (χ3v) is 4.75. The Morgan fingerprint density at radius 1 is 1.43 bits per heavy atom. The lowest BCUT2D eigenvalue weighted by molar-refractivity contribution is 0.101. The second-order valence-electron chi connectivity index (χ2n) is 6.07. The molecule has 1 aliphatic heterocycles. The molecule has 3 heteroatoms. The van der Waals surface area contributed by atoms with Crippen molar-refractivity contribution < 1.29 is 4.74 Å². The molecule has 0 aromatic heterocycles. The van der Waals surface area contributed by atoms with Crippen molar-refractivity contribution in [3.05, 3.63) is 34.3 Å². The van der Waals surface area contributed by atoms with Crippen LogP contribution in [0.2, 0.25) is 0 Å². The first-order valence-corrected chi connectivity index (χ1v) is 9.14. The number of halogens is 1. The Morgan fingerprint density at radius 3 is 3.05 bits per heavy atom. The summed E-state index contributed by atoms with van der Waals surface area (Å²) in [6.07, 6.45) is 8.04. The molecule has 0 amide bonds. The maximum Gasteiger partial charge on any atom is 0.0576 e. The fraction of sp³-hybridized carbons (Fsp3) is 0.667. The van der Waals surface area contributed by atoms with Gasteiger partial charge in [-0.25, -0.2) is 0 Å². The van der Waals surface area contributed by atoms with Crippen LogP contribution in [0.3, 0.4) is 0 Å². The summed E-state index contributed by atoms with van der Waals surface area (Å²) < 4.78 is 6.91. The number of benzene rings is 1. The Hall–Kier alpha value is -0.380. The summed E-state index contributed by atoms with van der Waals surface area (Å²) in [6.45, 7) is 5.33. The first-order valence-electron chi connectivity index (χ1n) is 8.34. The summed E-state index contributed by atoms with van der Waals surface area (Å²) in [5.41, 5.74) is 1.43. The lowest BCUT2D eigenvalue weighted by Crippen LogP contribution is -2.24. The summed E-state index contributed by atoms with van der Waals surface area (Å²) in [5, 5.41) is 3.52. The van der Waals surface area contributed by atoms with Crippen molar-refractivity contribution in [3.63, 3.8) is 0 Å². The molecule has 1 saturated heterocycles. The van der Waals surface area contributed by atoms with Crippen LogP contribution >= 0.6 is 15.9 Å². The molecular formula is C18H28BrNO. The van der Waals surface area contributed by atoms with Gasteiger partial charge in [0.15, 0.2) is 0 Å². The maximum atomic E-state index is 5.73. The van der Waals surface area contributed by atoms with E-state index in [4.69, 9.17) is 4.74 Å². The van der Waals surface area contributed by atoms with Gasteiger partial charge in [-0.1, -0.05) is 41.4 Å². The molecule has 2 nitrogen and oxygen atoms in total. The van der Waals surface area contributed by atoms with Crippen LogP contribution in [0.4, 0.5) is 0 Å². The molecule has 1 fully saturated rings. The highest BCUT2D eigenvalue weighted by atomic mass is 79.9. The van der Waals surface area contributed by atoms with Crippen LogP contribution < -0.4 is 5.32 Å². The smallest absolute Gasteiger partial charge is 0.0576 e. The van der Waals surface area contributed by atoms with Gasteiger partial charge < -0.3 is 10.1 Å². The van der Waals surface area contributed by atoms with E-state index in [-0.39, 0.29) is 0 Å². The van der Waals surface area contributed by atoms with Crippen molar-refractivity contribution in [2.24, 2.45) is 5.92 Å². The number of ether oxygens (including phenoxy) is 1. The van der Waals surface area contributed by atoms with Crippen LogP contribution in [0.15, 0.2) is 28.7 Å². The fourth-order valence-corrected chi connectivity index (χ4v) is 3.57. The third kappa shape index (κ3) is 6.50. The predicted octanol–water partition coefficient (Wildman–Crippen LogP) is 4.57. The first-order chi connectivity index (χ1) is 10.3. The van der Waals surface area contributed by atoms with Crippen molar-refractivity contribution in [2.75, 3.05) is 19.7 Å². The first kappa shape index (κ1) is 17.0. The zero-order chi connectivity index (χ0) is 14.9. The molecule has 0 radical (unpaired) electrons. The second-order valence-corrected chi connectivity index (χ2v) is 6.99. The zero-order valence-corrected chi connectivity index (χ0v) is 14.7. The number of hydrogen-bond donors (Lipinski definition) is 1. The average Bonchev–Trinajstić information content (AvgIpc) is 2.98. The van der Waals surface area contributed by atoms with Crippen molar-refractivity contribution in [3.8, 4) is 0 Å². The Balaban J connectivity index is 1.78. The SMILES string of the molecule is CCNCC(CCCC1CCCO1)Cc1cccc(Br)c1. The van der Waals surface area contributed by atoms with Gasteiger partial charge in [0.25, 0.3) is 0 Å². The standard InChI is InChI=1S/C18H28BrNO/c1-2-20-14-16(7-4-9-18-10-5-11-21-18)12-15-6-3-8-17(19)13-15/h3,6,8,13,16,18,20H,2,4-5,7,9-12,14H2,1H3. The molecule has 0 spiro atoms. The topological polar surface area (TPSA) is 21.3 Å². The molecule has 0 aliphatic carbocycles. The van der Waals surface area contributed by atoms with E-state index in [1.54, 1.807) is 0 Å². The second kappa shape index (κ2) is 9.60. The van der Waals surface area contributed by atoms with Crippen LogP contribution in [0.1, 0.15) is 44.6 Å². The van der Waals surface area contributed by atoms with Crippen LogP contribution in [-0.2, 0) is 11.2 Å². The summed E-state index contributed by atoms with van der Waals surface area (Å²) in [6, 6.07) is 8.72. The van der Waals surface area contributed by atoms with Gasteiger partial charge in [0.05, 0.1) is 6.10 Å². The quantitative estimate of drug-likeness (QED) is 0.702. The average molecular weight is 354 g/mol. The van der Waals surface area contributed by atoms with E-state index in [0.29, 0.717) is 6.10 Å². The van der Waals surface area contributed by atoms with Gasteiger partial charge in [-0.3, -0.25) is 0 Å². The van der Waals surface area contributed by atoms with E-state index in [9.17, 15) is 0 Å². The van der Waals surface area contributed by atoms with Gasteiger partial charge in [0, 0.05) is 11.1 Å². The molecule has 118 valence electrons. The Morgan fingerprint density at radius 2 is 2.33 bits per heavy atom. The highest BCUT2D eigenvalue weighted by Gasteiger charge is 2.16. The molecular weight excluding hydrogens is 326 g/mol. The molecule has 2 unspecified atom stereocenters. The number of rotatable bonds is 9. The van der Waals surface area contributed by atoms with Gasteiger partial charge in [0.1, 0.15) is 0 Å². The summed E-state index contributed by atoms with van der Waals surface area (Å²) in [5.74, 6) is 0.723. The van der Waals surface area contributed by atoms with E-state index in [0.717, 1.165) is 32.0 Å². The molecule has 1 N–H and O–H groups in total. The molecule has 2 rings (SSSR count).